The van der Waals surface area contributed by atoms with Gasteiger partial charge in [-0.2, -0.15) is 5.10 Å². The van der Waals surface area contributed by atoms with Gasteiger partial charge in [0.25, 0.3) is 5.91 Å². The molecule has 0 aliphatic rings. The van der Waals surface area contributed by atoms with Gasteiger partial charge in [0.15, 0.2) is 5.69 Å². The van der Waals surface area contributed by atoms with Gasteiger partial charge in [0, 0.05) is 19.5 Å². The maximum Gasteiger partial charge on any atom is 0.272 e. The van der Waals surface area contributed by atoms with Crippen molar-refractivity contribution in [3.8, 4) is 22.8 Å². The van der Waals surface area contributed by atoms with E-state index in [0.717, 1.165) is 11.3 Å². The Hall–Kier alpha value is -3.03. The fraction of sp³-hybridized carbons (Fsp3) is 0.542. The summed E-state index contributed by atoms with van der Waals surface area (Å²) in [6, 6.07) is 7.03. The minimum atomic E-state index is -0.322. The van der Waals surface area contributed by atoms with Crippen LogP contribution < -0.4 is 20.1 Å². The normalized spacial score (nSPS) is 13.1. The smallest absolute Gasteiger partial charge is 0.272 e. The number of benzene rings is 1. The number of carbonyl (C=O) groups is 2. The second kappa shape index (κ2) is 11.0. The van der Waals surface area contributed by atoms with Crippen molar-refractivity contribution >= 4 is 11.8 Å². The van der Waals surface area contributed by atoms with E-state index in [1.807, 2.05) is 36.7 Å². The van der Waals surface area contributed by atoms with E-state index in [0.29, 0.717) is 11.5 Å². The van der Waals surface area contributed by atoms with Crippen LogP contribution in [-0.2, 0) is 4.79 Å². The van der Waals surface area contributed by atoms with Crippen LogP contribution in [0.2, 0.25) is 0 Å². The second-order valence-electron chi connectivity index (χ2n) is 8.58. The number of hydrogen-bond acceptors (Lipinski definition) is 5. The lowest BCUT2D eigenvalue weighted by atomic mass is 10.0. The van der Waals surface area contributed by atoms with Crippen LogP contribution in [0.1, 0.15) is 57.6 Å². The highest BCUT2D eigenvalue weighted by Crippen LogP contribution is 2.40. The Kier molecular flexibility index (Phi) is 8.69. The zero-order valence-electron chi connectivity index (χ0n) is 20.4. The third kappa shape index (κ3) is 5.60. The number of aromatic nitrogens is 2. The average Bonchev–Trinajstić information content (AvgIpc) is 3.21. The molecule has 1 heterocycles. The van der Waals surface area contributed by atoms with Crippen molar-refractivity contribution in [3.63, 3.8) is 0 Å². The molecule has 176 valence electrons. The van der Waals surface area contributed by atoms with Crippen molar-refractivity contribution in [1.82, 2.24) is 20.4 Å². The Morgan fingerprint density at radius 2 is 1.62 bits per heavy atom. The molecule has 2 atom stereocenters. The zero-order chi connectivity index (χ0) is 24.0. The van der Waals surface area contributed by atoms with Crippen LogP contribution in [-0.4, -0.2) is 48.9 Å². The SMILES string of the molecule is CNC(=O)CC(NC(=O)c1cc(-c2c(OC)cccc2OC)n(C(C)C(C)C)n1)C(C)C. The van der Waals surface area contributed by atoms with Gasteiger partial charge >= 0.3 is 0 Å². The van der Waals surface area contributed by atoms with Crippen LogP contribution in [0.3, 0.4) is 0 Å². The topological polar surface area (TPSA) is 94.5 Å². The largest absolute Gasteiger partial charge is 0.496 e. The Bertz CT molecular complexity index is 914. The molecule has 0 spiro atoms. The lowest BCUT2D eigenvalue weighted by Gasteiger charge is -2.21. The zero-order valence-corrected chi connectivity index (χ0v) is 20.4. The first-order chi connectivity index (χ1) is 15.1. The van der Waals surface area contributed by atoms with Crippen molar-refractivity contribution in [2.45, 2.75) is 53.1 Å². The predicted octanol–water partition coefficient (Wildman–Crippen LogP) is 3.67. The summed E-state index contributed by atoms with van der Waals surface area (Å²) in [6.45, 7) is 10.2. The van der Waals surface area contributed by atoms with E-state index < -0.39 is 0 Å². The maximum atomic E-state index is 13.1. The number of hydrogen-bond donors (Lipinski definition) is 2. The highest BCUT2D eigenvalue weighted by atomic mass is 16.5. The number of carbonyl (C=O) groups excluding carboxylic acids is 2. The minimum Gasteiger partial charge on any atom is -0.496 e. The van der Waals surface area contributed by atoms with E-state index >= 15 is 0 Å². The van der Waals surface area contributed by atoms with E-state index in [1.165, 1.54) is 0 Å². The summed E-state index contributed by atoms with van der Waals surface area (Å²) >= 11 is 0. The molecule has 0 bridgehead atoms. The van der Waals surface area contributed by atoms with Gasteiger partial charge in [0.1, 0.15) is 11.5 Å². The number of amides is 2. The summed E-state index contributed by atoms with van der Waals surface area (Å²) in [5, 5.41) is 10.3. The molecule has 2 N–H and O–H groups in total. The number of rotatable bonds is 10. The molecule has 1 aromatic carbocycles. The Morgan fingerprint density at radius 1 is 1.03 bits per heavy atom. The molecule has 0 aliphatic carbocycles. The highest BCUT2D eigenvalue weighted by Gasteiger charge is 2.27. The fourth-order valence-corrected chi connectivity index (χ4v) is 3.39. The molecule has 0 saturated carbocycles. The van der Waals surface area contributed by atoms with Gasteiger partial charge in [-0.15, -0.1) is 0 Å². The second-order valence-corrected chi connectivity index (χ2v) is 8.58. The molecule has 32 heavy (non-hydrogen) atoms. The predicted molar refractivity (Wildman–Crippen MR) is 125 cm³/mol. The highest BCUT2D eigenvalue weighted by molar-refractivity contribution is 5.94. The summed E-state index contributed by atoms with van der Waals surface area (Å²) in [5.41, 5.74) is 1.75. The van der Waals surface area contributed by atoms with Gasteiger partial charge in [-0.3, -0.25) is 14.3 Å². The summed E-state index contributed by atoms with van der Waals surface area (Å²) in [6.07, 6.45) is 0.205. The molecule has 0 saturated heterocycles. The first-order valence-electron chi connectivity index (χ1n) is 11.0. The summed E-state index contributed by atoms with van der Waals surface area (Å²) in [5.74, 6) is 1.18. The van der Waals surface area contributed by atoms with Crippen molar-refractivity contribution in [2.24, 2.45) is 11.8 Å². The first-order valence-corrected chi connectivity index (χ1v) is 11.0. The molecular formula is C24H36N4O4. The Labute approximate surface area is 190 Å². The van der Waals surface area contributed by atoms with Crippen LogP contribution in [0, 0.1) is 11.8 Å². The van der Waals surface area contributed by atoms with Crippen LogP contribution in [0.4, 0.5) is 0 Å². The summed E-state index contributed by atoms with van der Waals surface area (Å²) in [4.78, 5) is 25.0. The summed E-state index contributed by atoms with van der Waals surface area (Å²) < 4.78 is 13.0. The number of methoxy groups -OCH3 is 2. The molecule has 0 aliphatic heterocycles. The van der Waals surface area contributed by atoms with Gasteiger partial charge in [-0.25, -0.2) is 0 Å². The number of ether oxygens (including phenoxy) is 2. The maximum absolute atomic E-state index is 13.1. The van der Waals surface area contributed by atoms with Gasteiger partial charge in [-0.05, 0) is 37.0 Å². The van der Waals surface area contributed by atoms with E-state index in [1.54, 1.807) is 27.3 Å². The Balaban J connectivity index is 2.54. The fourth-order valence-electron chi connectivity index (χ4n) is 3.39. The van der Waals surface area contributed by atoms with E-state index in [-0.39, 0.29) is 47.8 Å². The monoisotopic (exact) mass is 444 g/mol. The molecule has 0 radical (unpaired) electrons. The molecular weight excluding hydrogens is 408 g/mol. The first kappa shape index (κ1) is 25.2. The third-order valence-corrected chi connectivity index (χ3v) is 5.81. The molecule has 2 unspecified atom stereocenters. The van der Waals surface area contributed by atoms with Gasteiger partial charge < -0.3 is 20.1 Å². The minimum absolute atomic E-state index is 0.0212. The van der Waals surface area contributed by atoms with Crippen molar-refractivity contribution in [2.75, 3.05) is 21.3 Å². The van der Waals surface area contributed by atoms with Crippen molar-refractivity contribution in [1.29, 1.82) is 0 Å². The van der Waals surface area contributed by atoms with Crippen LogP contribution >= 0.6 is 0 Å². The number of nitrogens with one attached hydrogen (secondary N) is 2. The molecule has 2 aromatic rings. The number of nitrogens with zero attached hydrogens (tertiary/aromatic N) is 2. The van der Waals surface area contributed by atoms with Crippen molar-refractivity contribution in [3.05, 3.63) is 30.0 Å². The van der Waals surface area contributed by atoms with Crippen molar-refractivity contribution < 1.29 is 19.1 Å². The molecule has 2 amide bonds. The quantitative estimate of drug-likeness (QED) is 0.583. The molecule has 0 fully saturated rings. The van der Waals surface area contributed by atoms with E-state index in [2.05, 4.69) is 36.5 Å². The van der Waals surface area contributed by atoms with Gasteiger partial charge in [-0.1, -0.05) is 33.8 Å². The molecule has 8 nitrogen and oxygen atoms in total. The van der Waals surface area contributed by atoms with E-state index in [4.69, 9.17) is 9.47 Å². The third-order valence-electron chi connectivity index (χ3n) is 5.81. The standard InChI is InChI=1S/C24H36N4O4/c1-14(2)16(5)28-19(23-20(31-7)10-9-11-21(23)32-8)12-18(27-28)24(30)26-17(15(3)4)13-22(29)25-6/h9-12,14-17H,13H2,1-8H3,(H,25,29)(H,26,30). The lowest BCUT2D eigenvalue weighted by Crippen LogP contribution is -2.42. The van der Waals surface area contributed by atoms with Gasteiger partial charge in [0.2, 0.25) is 5.91 Å². The average molecular weight is 445 g/mol. The molecule has 1 aromatic heterocycles. The molecule has 8 heteroatoms. The lowest BCUT2D eigenvalue weighted by molar-refractivity contribution is -0.121. The van der Waals surface area contributed by atoms with E-state index in [9.17, 15) is 9.59 Å². The van der Waals surface area contributed by atoms with Gasteiger partial charge in [0.05, 0.1) is 31.5 Å². The van der Waals surface area contributed by atoms with Crippen LogP contribution in [0.15, 0.2) is 24.3 Å². The van der Waals surface area contributed by atoms with Crippen LogP contribution in [0.25, 0.3) is 11.3 Å². The Morgan fingerprint density at radius 3 is 2.09 bits per heavy atom. The summed E-state index contributed by atoms with van der Waals surface area (Å²) in [7, 11) is 4.79. The molecule has 2 rings (SSSR count). The van der Waals surface area contributed by atoms with Crippen LogP contribution in [0.5, 0.6) is 11.5 Å².